The van der Waals surface area contributed by atoms with Gasteiger partial charge in [-0.15, -0.1) is 0 Å². The number of methoxy groups -OCH3 is 1. The summed E-state index contributed by atoms with van der Waals surface area (Å²) in [6, 6.07) is 4.02. The Morgan fingerprint density at radius 3 is 3.05 bits per heavy atom. The molecule has 0 bridgehead atoms. The summed E-state index contributed by atoms with van der Waals surface area (Å²) < 4.78 is 22.0. The van der Waals surface area contributed by atoms with Gasteiger partial charge >= 0.3 is 0 Å². The van der Waals surface area contributed by atoms with Crippen LogP contribution in [0.2, 0.25) is 0 Å². The highest BCUT2D eigenvalue weighted by Crippen LogP contribution is 2.41. The summed E-state index contributed by atoms with van der Waals surface area (Å²) >= 11 is 0. The normalized spacial score (nSPS) is 20.8. The topological polar surface area (TPSA) is 52.2 Å². The zero-order valence-electron chi connectivity index (χ0n) is 12.6. The van der Waals surface area contributed by atoms with Crippen molar-refractivity contribution < 1.29 is 18.9 Å². The fourth-order valence-electron chi connectivity index (χ4n) is 2.74. The Morgan fingerprint density at radius 2 is 2.29 bits per heavy atom. The first kappa shape index (κ1) is 14.4. The molecule has 0 radical (unpaired) electrons. The summed E-state index contributed by atoms with van der Waals surface area (Å²) in [5.74, 6) is 2.18. The minimum absolute atomic E-state index is 0.250. The zero-order valence-corrected chi connectivity index (χ0v) is 12.6. The molecule has 0 amide bonds. The number of ether oxygens (including phenoxy) is 4. The lowest BCUT2D eigenvalue weighted by Gasteiger charge is -2.28. The number of nitrogens with zero attached hydrogens (tertiary/aromatic N) is 1. The van der Waals surface area contributed by atoms with E-state index < -0.39 is 0 Å². The minimum atomic E-state index is 0.250. The molecule has 0 aromatic heterocycles. The summed E-state index contributed by atoms with van der Waals surface area (Å²) in [5, 5.41) is 3.35. The highest BCUT2D eigenvalue weighted by Gasteiger charge is 2.21. The molecule has 1 saturated heterocycles. The average molecular weight is 294 g/mol. The number of morpholine rings is 1. The van der Waals surface area contributed by atoms with Crippen LogP contribution in [0.1, 0.15) is 5.56 Å². The summed E-state index contributed by atoms with van der Waals surface area (Å²) in [7, 11) is 3.74. The number of nitrogens with one attached hydrogen (secondary N) is 1. The number of benzene rings is 1. The maximum Gasteiger partial charge on any atom is 0.231 e. The molecular weight excluding hydrogens is 272 g/mol. The van der Waals surface area contributed by atoms with Crippen LogP contribution in [0.4, 0.5) is 0 Å². The first-order valence-electron chi connectivity index (χ1n) is 7.23. The van der Waals surface area contributed by atoms with Crippen LogP contribution in [-0.4, -0.2) is 58.2 Å². The van der Waals surface area contributed by atoms with Gasteiger partial charge in [0.25, 0.3) is 0 Å². The quantitative estimate of drug-likeness (QED) is 0.869. The van der Waals surface area contributed by atoms with Crippen LogP contribution < -0.4 is 19.5 Å². The lowest BCUT2D eigenvalue weighted by Crippen LogP contribution is -2.44. The summed E-state index contributed by atoms with van der Waals surface area (Å²) in [6.07, 6.45) is 0.250. The number of rotatable bonds is 5. The van der Waals surface area contributed by atoms with Gasteiger partial charge in [-0.1, -0.05) is 0 Å². The Kier molecular flexibility index (Phi) is 4.48. The van der Waals surface area contributed by atoms with E-state index in [-0.39, 0.29) is 12.9 Å². The molecule has 0 saturated carbocycles. The van der Waals surface area contributed by atoms with E-state index in [0.29, 0.717) is 5.75 Å². The Morgan fingerprint density at radius 1 is 1.38 bits per heavy atom. The maximum absolute atomic E-state index is 5.73. The second kappa shape index (κ2) is 6.51. The molecule has 1 fully saturated rings. The number of likely N-dealkylation sites (N-methyl/N-ethyl adjacent to an activating group) is 1. The van der Waals surface area contributed by atoms with Gasteiger partial charge in [0.2, 0.25) is 12.5 Å². The minimum Gasteiger partial charge on any atom is -0.493 e. The van der Waals surface area contributed by atoms with Crippen LogP contribution in [0.5, 0.6) is 17.2 Å². The standard InChI is InChI=1S/C15H22N2O4/c1-17(9-12-7-16-3-4-19-12)8-11-5-13(18-2)15-14(6-11)20-10-21-15/h5-6,12,16H,3-4,7-10H2,1-2H3. The molecule has 1 aromatic carbocycles. The summed E-state index contributed by atoms with van der Waals surface area (Å²) in [4.78, 5) is 2.24. The van der Waals surface area contributed by atoms with Gasteiger partial charge in [0.1, 0.15) is 0 Å². The molecule has 0 aliphatic carbocycles. The van der Waals surface area contributed by atoms with Gasteiger partial charge in [-0.3, -0.25) is 4.90 Å². The van der Waals surface area contributed by atoms with Crippen LogP contribution in [0.3, 0.4) is 0 Å². The molecule has 6 heteroatoms. The number of hydrogen-bond donors (Lipinski definition) is 1. The van der Waals surface area contributed by atoms with Crippen molar-refractivity contribution in [2.45, 2.75) is 12.6 Å². The third-order valence-electron chi connectivity index (χ3n) is 3.69. The van der Waals surface area contributed by atoms with Gasteiger partial charge in [-0.2, -0.15) is 0 Å². The predicted molar refractivity (Wildman–Crippen MR) is 78.1 cm³/mol. The Balaban J connectivity index is 1.64. The second-order valence-corrected chi connectivity index (χ2v) is 5.43. The molecule has 2 aliphatic heterocycles. The van der Waals surface area contributed by atoms with Crippen LogP contribution in [-0.2, 0) is 11.3 Å². The molecule has 116 valence electrons. The van der Waals surface area contributed by atoms with Crippen molar-refractivity contribution in [3.05, 3.63) is 17.7 Å². The SMILES string of the molecule is COc1cc(CN(C)CC2CNCCO2)cc2c1OCO2. The molecule has 1 N–H and O–H groups in total. The van der Waals surface area contributed by atoms with Gasteiger partial charge in [-0.05, 0) is 24.7 Å². The van der Waals surface area contributed by atoms with E-state index in [0.717, 1.165) is 49.8 Å². The Labute approximate surface area is 124 Å². The van der Waals surface area contributed by atoms with E-state index in [2.05, 4.69) is 17.3 Å². The van der Waals surface area contributed by atoms with Crippen LogP contribution >= 0.6 is 0 Å². The molecule has 2 heterocycles. The summed E-state index contributed by atoms with van der Waals surface area (Å²) in [6.45, 7) is 4.61. The van der Waals surface area contributed by atoms with Crippen LogP contribution in [0, 0.1) is 0 Å². The van der Waals surface area contributed by atoms with Crippen LogP contribution in [0.15, 0.2) is 12.1 Å². The van der Waals surface area contributed by atoms with E-state index in [1.54, 1.807) is 7.11 Å². The van der Waals surface area contributed by atoms with Crippen molar-refractivity contribution in [2.24, 2.45) is 0 Å². The summed E-state index contributed by atoms with van der Waals surface area (Å²) in [5.41, 5.74) is 1.14. The van der Waals surface area contributed by atoms with Gasteiger partial charge in [0.15, 0.2) is 11.5 Å². The molecule has 1 unspecified atom stereocenters. The van der Waals surface area contributed by atoms with Gasteiger partial charge in [0.05, 0.1) is 19.8 Å². The van der Waals surface area contributed by atoms with Gasteiger partial charge < -0.3 is 24.3 Å². The average Bonchev–Trinajstić information content (AvgIpc) is 2.95. The van der Waals surface area contributed by atoms with Gasteiger partial charge in [-0.25, -0.2) is 0 Å². The van der Waals surface area contributed by atoms with E-state index in [1.807, 2.05) is 12.1 Å². The third kappa shape index (κ3) is 3.40. The monoisotopic (exact) mass is 294 g/mol. The highest BCUT2D eigenvalue weighted by molar-refractivity contribution is 5.55. The largest absolute Gasteiger partial charge is 0.493 e. The fourth-order valence-corrected chi connectivity index (χ4v) is 2.74. The highest BCUT2D eigenvalue weighted by atomic mass is 16.7. The van der Waals surface area contributed by atoms with Crippen molar-refractivity contribution in [1.29, 1.82) is 0 Å². The number of hydrogen-bond acceptors (Lipinski definition) is 6. The zero-order chi connectivity index (χ0) is 14.7. The van der Waals surface area contributed by atoms with Crippen molar-refractivity contribution in [3.63, 3.8) is 0 Å². The van der Waals surface area contributed by atoms with Crippen molar-refractivity contribution in [1.82, 2.24) is 10.2 Å². The van der Waals surface area contributed by atoms with Gasteiger partial charge in [0, 0.05) is 26.2 Å². The van der Waals surface area contributed by atoms with Crippen molar-refractivity contribution in [3.8, 4) is 17.2 Å². The molecule has 1 atom stereocenters. The molecule has 21 heavy (non-hydrogen) atoms. The molecule has 3 rings (SSSR count). The predicted octanol–water partition coefficient (Wildman–Crippen LogP) is 0.844. The van der Waals surface area contributed by atoms with E-state index in [9.17, 15) is 0 Å². The molecule has 1 aromatic rings. The van der Waals surface area contributed by atoms with E-state index in [4.69, 9.17) is 18.9 Å². The van der Waals surface area contributed by atoms with Crippen molar-refractivity contribution >= 4 is 0 Å². The molecular formula is C15H22N2O4. The van der Waals surface area contributed by atoms with E-state index >= 15 is 0 Å². The fraction of sp³-hybridized carbons (Fsp3) is 0.600. The number of fused-ring (bicyclic) bond motifs is 1. The van der Waals surface area contributed by atoms with Crippen molar-refractivity contribution in [2.75, 3.05) is 47.2 Å². The first-order valence-corrected chi connectivity index (χ1v) is 7.23. The molecule has 6 nitrogen and oxygen atoms in total. The Bertz CT molecular complexity index is 489. The van der Waals surface area contributed by atoms with Crippen LogP contribution in [0.25, 0.3) is 0 Å². The molecule has 0 spiro atoms. The lowest BCUT2D eigenvalue weighted by atomic mass is 10.1. The lowest BCUT2D eigenvalue weighted by molar-refractivity contribution is 0.00884. The Hall–Kier alpha value is -1.50. The maximum atomic E-state index is 5.73. The second-order valence-electron chi connectivity index (χ2n) is 5.43. The molecule has 2 aliphatic rings. The third-order valence-corrected chi connectivity index (χ3v) is 3.69. The smallest absolute Gasteiger partial charge is 0.231 e. The van der Waals surface area contributed by atoms with E-state index in [1.165, 1.54) is 0 Å². The first-order chi connectivity index (χ1) is 10.3.